The smallest absolute Gasteiger partial charge is 0.134 e. The highest BCUT2D eigenvalue weighted by Crippen LogP contribution is 2.25. The molecule has 1 N–H and O–H groups in total. The van der Waals surface area contributed by atoms with Gasteiger partial charge in [0, 0.05) is 5.39 Å². The predicted octanol–water partition coefficient (Wildman–Crippen LogP) is 3.19. The lowest BCUT2D eigenvalue weighted by atomic mass is 10.1. The van der Waals surface area contributed by atoms with Crippen molar-refractivity contribution in [3.8, 4) is 0 Å². The highest BCUT2D eigenvalue weighted by atomic mass is 16.3. The molecule has 15 heavy (non-hydrogen) atoms. The van der Waals surface area contributed by atoms with Gasteiger partial charge in [0.2, 0.25) is 0 Å². The molecule has 0 saturated heterocycles. The van der Waals surface area contributed by atoms with Gasteiger partial charge in [0.05, 0.1) is 6.04 Å². The van der Waals surface area contributed by atoms with Crippen molar-refractivity contribution >= 4 is 11.0 Å². The summed E-state index contributed by atoms with van der Waals surface area (Å²) >= 11 is 0. The number of benzene rings is 1. The Morgan fingerprint density at radius 2 is 2.20 bits per heavy atom. The van der Waals surface area contributed by atoms with E-state index in [0.717, 1.165) is 16.7 Å². The number of aryl methyl sites for hydroxylation is 1. The van der Waals surface area contributed by atoms with Crippen LogP contribution in [0.3, 0.4) is 0 Å². The highest BCUT2D eigenvalue weighted by molar-refractivity contribution is 5.78. The van der Waals surface area contributed by atoms with E-state index in [1.165, 1.54) is 5.56 Å². The van der Waals surface area contributed by atoms with Crippen molar-refractivity contribution in [3.05, 3.63) is 48.2 Å². The number of fused-ring (bicyclic) bond motifs is 1. The topological polar surface area (TPSA) is 25.2 Å². The largest absolute Gasteiger partial charge is 0.459 e. The molecule has 0 aliphatic carbocycles. The SMILES string of the molecule is C=CC(NC)c1cc2cc(C)ccc2o1. The van der Waals surface area contributed by atoms with Gasteiger partial charge in [0.25, 0.3) is 0 Å². The molecule has 0 aliphatic rings. The third-order valence-electron chi connectivity index (χ3n) is 2.54. The fourth-order valence-electron chi connectivity index (χ4n) is 1.71. The zero-order valence-corrected chi connectivity index (χ0v) is 9.08. The van der Waals surface area contributed by atoms with Crippen LogP contribution in [0.2, 0.25) is 0 Å². The van der Waals surface area contributed by atoms with Crippen molar-refractivity contribution in [1.29, 1.82) is 0 Å². The van der Waals surface area contributed by atoms with Crippen molar-refractivity contribution < 1.29 is 4.42 Å². The molecule has 1 unspecified atom stereocenters. The van der Waals surface area contributed by atoms with E-state index in [4.69, 9.17) is 4.42 Å². The van der Waals surface area contributed by atoms with Gasteiger partial charge < -0.3 is 9.73 Å². The first-order valence-corrected chi connectivity index (χ1v) is 5.04. The number of hydrogen-bond donors (Lipinski definition) is 1. The molecule has 2 nitrogen and oxygen atoms in total. The Labute approximate surface area is 89.6 Å². The number of likely N-dealkylation sites (N-methyl/N-ethyl adjacent to an activating group) is 1. The van der Waals surface area contributed by atoms with Crippen molar-refractivity contribution in [2.75, 3.05) is 7.05 Å². The Morgan fingerprint density at radius 1 is 1.40 bits per heavy atom. The van der Waals surface area contributed by atoms with Crippen LogP contribution < -0.4 is 5.32 Å². The molecule has 2 heteroatoms. The Morgan fingerprint density at radius 3 is 2.87 bits per heavy atom. The Kier molecular flexibility index (Phi) is 2.60. The minimum atomic E-state index is 0.0812. The van der Waals surface area contributed by atoms with Crippen LogP contribution in [0.15, 0.2) is 41.3 Å². The molecule has 0 radical (unpaired) electrons. The first kappa shape index (κ1) is 9.99. The van der Waals surface area contributed by atoms with Gasteiger partial charge in [-0.1, -0.05) is 17.7 Å². The summed E-state index contributed by atoms with van der Waals surface area (Å²) in [5.41, 5.74) is 2.17. The summed E-state index contributed by atoms with van der Waals surface area (Å²) in [6, 6.07) is 8.32. The van der Waals surface area contributed by atoms with E-state index in [1.807, 2.05) is 19.2 Å². The molecule has 0 spiro atoms. The fourth-order valence-corrected chi connectivity index (χ4v) is 1.71. The lowest BCUT2D eigenvalue weighted by Gasteiger charge is -2.05. The molecule has 0 aliphatic heterocycles. The highest BCUT2D eigenvalue weighted by Gasteiger charge is 2.10. The molecule has 0 fully saturated rings. The van der Waals surface area contributed by atoms with Gasteiger partial charge in [-0.05, 0) is 32.2 Å². The van der Waals surface area contributed by atoms with Crippen molar-refractivity contribution in [1.82, 2.24) is 5.32 Å². The molecular formula is C13H15NO. The van der Waals surface area contributed by atoms with E-state index in [-0.39, 0.29) is 6.04 Å². The molecular weight excluding hydrogens is 186 g/mol. The fraction of sp³-hybridized carbons (Fsp3) is 0.231. The van der Waals surface area contributed by atoms with Gasteiger partial charge in [-0.3, -0.25) is 0 Å². The standard InChI is InChI=1S/C13H15NO/c1-4-11(14-3)13-8-10-7-9(2)5-6-12(10)15-13/h4-8,11,14H,1H2,2-3H3. The van der Waals surface area contributed by atoms with Gasteiger partial charge in [-0.15, -0.1) is 6.58 Å². The van der Waals surface area contributed by atoms with Crippen LogP contribution in [0.4, 0.5) is 0 Å². The minimum Gasteiger partial charge on any atom is -0.459 e. The lowest BCUT2D eigenvalue weighted by molar-refractivity contribution is 0.499. The predicted molar refractivity (Wildman–Crippen MR) is 62.9 cm³/mol. The van der Waals surface area contributed by atoms with Crippen LogP contribution in [0, 0.1) is 6.92 Å². The number of rotatable bonds is 3. The molecule has 1 atom stereocenters. The van der Waals surface area contributed by atoms with Gasteiger partial charge in [0.15, 0.2) is 0 Å². The Bertz CT molecular complexity index is 484. The van der Waals surface area contributed by atoms with E-state index < -0.39 is 0 Å². The third kappa shape index (κ3) is 1.81. The maximum atomic E-state index is 5.73. The Balaban J connectivity index is 2.50. The van der Waals surface area contributed by atoms with E-state index in [0.29, 0.717) is 0 Å². The molecule has 78 valence electrons. The Hall–Kier alpha value is -1.54. The summed E-state index contributed by atoms with van der Waals surface area (Å²) in [7, 11) is 1.89. The normalized spacial score (nSPS) is 12.9. The second-order valence-electron chi connectivity index (χ2n) is 3.69. The zero-order chi connectivity index (χ0) is 10.8. The zero-order valence-electron chi connectivity index (χ0n) is 9.08. The molecule has 0 bridgehead atoms. The monoisotopic (exact) mass is 201 g/mol. The second kappa shape index (κ2) is 3.91. The average Bonchev–Trinajstić information content (AvgIpc) is 2.62. The first-order valence-electron chi connectivity index (χ1n) is 5.04. The van der Waals surface area contributed by atoms with Gasteiger partial charge in [-0.2, -0.15) is 0 Å². The van der Waals surface area contributed by atoms with Crippen LogP contribution in [0.25, 0.3) is 11.0 Å². The van der Waals surface area contributed by atoms with Gasteiger partial charge >= 0.3 is 0 Å². The van der Waals surface area contributed by atoms with Crippen LogP contribution >= 0.6 is 0 Å². The molecule has 1 aromatic carbocycles. The summed E-state index contributed by atoms with van der Waals surface area (Å²) in [4.78, 5) is 0. The number of nitrogens with one attached hydrogen (secondary N) is 1. The summed E-state index contributed by atoms with van der Waals surface area (Å²) in [5.74, 6) is 0.910. The third-order valence-corrected chi connectivity index (χ3v) is 2.54. The van der Waals surface area contributed by atoms with E-state index >= 15 is 0 Å². The molecule has 0 amide bonds. The van der Waals surface area contributed by atoms with E-state index in [2.05, 4.69) is 37.0 Å². The number of furan rings is 1. The molecule has 0 saturated carbocycles. The number of hydrogen-bond acceptors (Lipinski definition) is 2. The van der Waals surface area contributed by atoms with Crippen LogP contribution in [-0.4, -0.2) is 7.05 Å². The molecule has 2 aromatic rings. The van der Waals surface area contributed by atoms with Crippen LogP contribution in [0.1, 0.15) is 17.4 Å². The average molecular weight is 201 g/mol. The first-order chi connectivity index (χ1) is 7.24. The quantitative estimate of drug-likeness (QED) is 0.771. The summed E-state index contributed by atoms with van der Waals surface area (Å²) in [6.45, 7) is 5.85. The minimum absolute atomic E-state index is 0.0812. The summed E-state index contributed by atoms with van der Waals surface area (Å²) in [5, 5.41) is 4.28. The molecule has 1 aromatic heterocycles. The van der Waals surface area contributed by atoms with Crippen molar-refractivity contribution in [3.63, 3.8) is 0 Å². The van der Waals surface area contributed by atoms with Crippen molar-refractivity contribution in [2.45, 2.75) is 13.0 Å². The molecule has 1 heterocycles. The molecule has 2 rings (SSSR count). The summed E-state index contributed by atoms with van der Waals surface area (Å²) < 4.78 is 5.73. The van der Waals surface area contributed by atoms with E-state index in [1.54, 1.807) is 0 Å². The van der Waals surface area contributed by atoms with Crippen LogP contribution in [0.5, 0.6) is 0 Å². The van der Waals surface area contributed by atoms with Gasteiger partial charge in [-0.25, -0.2) is 0 Å². The maximum absolute atomic E-state index is 5.73. The van der Waals surface area contributed by atoms with Gasteiger partial charge in [0.1, 0.15) is 11.3 Å². The van der Waals surface area contributed by atoms with Crippen molar-refractivity contribution in [2.24, 2.45) is 0 Å². The maximum Gasteiger partial charge on any atom is 0.134 e. The summed E-state index contributed by atoms with van der Waals surface area (Å²) in [6.07, 6.45) is 1.84. The second-order valence-corrected chi connectivity index (χ2v) is 3.69. The van der Waals surface area contributed by atoms with Crippen LogP contribution in [-0.2, 0) is 0 Å². The lowest BCUT2D eigenvalue weighted by Crippen LogP contribution is -2.12. The van der Waals surface area contributed by atoms with E-state index in [9.17, 15) is 0 Å².